The van der Waals surface area contributed by atoms with Gasteiger partial charge in [0.15, 0.2) is 6.04 Å². The van der Waals surface area contributed by atoms with E-state index in [0.29, 0.717) is 0 Å². The first-order chi connectivity index (χ1) is 18.4. The molecule has 3 N–H and O–H groups in total. The fourth-order valence-electron chi connectivity index (χ4n) is 4.36. The quantitative estimate of drug-likeness (QED) is 0.296. The van der Waals surface area contributed by atoms with E-state index < -0.39 is 48.4 Å². The summed E-state index contributed by atoms with van der Waals surface area (Å²) in [4.78, 5) is 49.1. The molecule has 10 nitrogen and oxygen atoms in total. The van der Waals surface area contributed by atoms with Crippen LogP contribution >= 0.6 is 0 Å². The fourth-order valence-corrected chi connectivity index (χ4v) is 4.36. The number of amides is 2. The van der Waals surface area contributed by atoms with E-state index in [2.05, 4.69) is 10.6 Å². The Morgan fingerprint density at radius 3 is 1.90 bits per heavy atom. The van der Waals surface area contributed by atoms with E-state index in [1.54, 1.807) is 20.8 Å². The van der Waals surface area contributed by atoms with Crippen molar-refractivity contribution in [1.29, 1.82) is 0 Å². The number of esters is 1. The lowest BCUT2D eigenvalue weighted by molar-refractivity contribution is -0.150. The van der Waals surface area contributed by atoms with Gasteiger partial charge in [-0.25, -0.2) is 19.2 Å². The van der Waals surface area contributed by atoms with Crippen LogP contribution in [-0.2, 0) is 23.8 Å². The maximum absolute atomic E-state index is 12.8. The Kier molecular flexibility index (Phi) is 9.56. The lowest BCUT2D eigenvalue weighted by Gasteiger charge is -2.23. The van der Waals surface area contributed by atoms with Gasteiger partial charge in [-0.15, -0.1) is 0 Å². The molecular weight excluding hydrogens is 504 g/mol. The molecule has 0 saturated carbocycles. The van der Waals surface area contributed by atoms with Crippen molar-refractivity contribution < 1.29 is 38.5 Å². The molecule has 0 radical (unpaired) electrons. The van der Waals surface area contributed by atoms with Crippen LogP contribution in [0.3, 0.4) is 0 Å². The molecule has 2 unspecified atom stereocenters. The van der Waals surface area contributed by atoms with Crippen molar-refractivity contribution in [2.75, 3.05) is 13.2 Å². The Balaban J connectivity index is 1.60. The maximum Gasteiger partial charge on any atom is 0.408 e. The van der Waals surface area contributed by atoms with Gasteiger partial charge in [-0.1, -0.05) is 62.4 Å². The Bertz CT molecular complexity index is 1160. The van der Waals surface area contributed by atoms with Crippen LogP contribution in [0.4, 0.5) is 9.59 Å². The van der Waals surface area contributed by atoms with Crippen LogP contribution in [0.5, 0.6) is 0 Å². The molecule has 210 valence electrons. The number of ether oxygens (including phenoxy) is 3. The lowest BCUT2D eigenvalue weighted by atomic mass is 9.98. The number of nitrogens with one attached hydrogen (secondary N) is 2. The summed E-state index contributed by atoms with van der Waals surface area (Å²) in [6.45, 7) is 8.06. The lowest BCUT2D eigenvalue weighted by Crippen LogP contribution is -2.48. The van der Waals surface area contributed by atoms with Crippen molar-refractivity contribution in [3.8, 4) is 11.1 Å². The van der Waals surface area contributed by atoms with Gasteiger partial charge in [0, 0.05) is 5.92 Å². The number of rotatable bonds is 10. The second-order valence-corrected chi connectivity index (χ2v) is 10.8. The first-order valence-corrected chi connectivity index (χ1v) is 12.9. The highest BCUT2D eigenvalue weighted by Crippen LogP contribution is 2.44. The molecule has 0 fully saturated rings. The van der Waals surface area contributed by atoms with Gasteiger partial charge in [-0.3, -0.25) is 0 Å². The SMILES string of the molecule is CC(C)CC(NC(=O)OCC1c2ccccc2-c2ccccc21)C(=O)OCC(NC(=O)OC(C)(C)C)C(=O)O. The number of alkyl carbamates (subject to hydrolysis) is 2. The van der Waals surface area contributed by atoms with Gasteiger partial charge in [0.25, 0.3) is 0 Å². The predicted octanol–water partition coefficient (Wildman–Crippen LogP) is 4.46. The fraction of sp³-hybridized carbons (Fsp3) is 0.448. The van der Waals surface area contributed by atoms with Crippen molar-refractivity contribution in [3.05, 3.63) is 59.7 Å². The van der Waals surface area contributed by atoms with Crippen molar-refractivity contribution >= 4 is 24.1 Å². The summed E-state index contributed by atoms with van der Waals surface area (Å²) in [7, 11) is 0. The molecular formula is C29H36N2O8. The highest BCUT2D eigenvalue weighted by molar-refractivity contribution is 5.83. The number of aliphatic carboxylic acids is 1. The zero-order valence-electron chi connectivity index (χ0n) is 22.9. The second kappa shape index (κ2) is 12.6. The summed E-state index contributed by atoms with van der Waals surface area (Å²) in [5, 5.41) is 14.1. The Labute approximate surface area is 228 Å². The van der Waals surface area contributed by atoms with Crippen molar-refractivity contribution in [2.45, 2.75) is 64.6 Å². The van der Waals surface area contributed by atoms with E-state index in [-0.39, 0.29) is 24.9 Å². The van der Waals surface area contributed by atoms with Gasteiger partial charge in [0.1, 0.15) is 24.9 Å². The molecule has 2 amide bonds. The molecule has 1 aliphatic carbocycles. The standard InChI is InChI=1S/C29H36N2O8/c1-17(2)14-23(26(34)37-16-24(25(32)33)31-28(36)39-29(3,4)5)30-27(35)38-15-22-20-12-8-6-10-18(20)19-11-7-9-13-21(19)22/h6-13,17,22-24H,14-16H2,1-5H3,(H,30,35)(H,31,36)(H,32,33). The molecule has 3 rings (SSSR count). The summed E-state index contributed by atoms with van der Waals surface area (Å²) < 4.78 is 15.8. The third-order valence-electron chi connectivity index (χ3n) is 6.01. The summed E-state index contributed by atoms with van der Waals surface area (Å²) in [5.41, 5.74) is 3.47. The number of hydrogen-bond acceptors (Lipinski definition) is 7. The number of carbonyl (C=O) groups excluding carboxylic acids is 3. The minimum absolute atomic E-state index is 0.00611. The number of carboxylic acid groups (broad SMARTS) is 1. The smallest absolute Gasteiger partial charge is 0.408 e. The van der Waals surface area contributed by atoms with Gasteiger partial charge >= 0.3 is 24.1 Å². The van der Waals surface area contributed by atoms with Crippen LogP contribution in [0.1, 0.15) is 58.1 Å². The number of fused-ring (bicyclic) bond motifs is 3. The van der Waals surface area contributed by atoms with Crippen LogP contribution in [0.25, 0.3) is 11.1 Å². The van der Waals surface area contributed by atoms with Crippen LogP contribution in [0, 0.1) is 5.92 Å². The van der Waals surface area contributed by atoms with Crippen LogP contribution < -0.4 is 10.6 Å². The first kappa shape index (κ1) is 29.5. The molecule has 0 bridgehead atoms. The largest absolute Gasteiger partial charge is 0.480 e. The predicted molar refractivity (Wildman–Crippen MR) is 143 cm³/mol. The summed E-state index contributed by atoms with van der Waals surface area (Å²) in [6, 6.07) is 13.3. The van der Waals surface area contributed by atoms with E-state index >= 15 is 0 Å². The summed E-state index contributed by atoms with van der Waals surface area (Å²) >= 11 is 0. The summed E-state index contributed by atoms with van der Waals surface area (Å²) in [5.74, 6) is -2.38. The van der Waals surface area contributed by atoms with Crippen molar-refractivity contribution in [1.82, 2.24) is 10.6 Å². The normalized spacial score (nSPS) is 14.0. The Morgan fingerprint density at radius 1 is 0.846 bits per heavy atom. The zero-order valence-corrected chi connectivity index (χ0v) is 22.9. The van der Waals surface area contributed by atoms with E-state index in [9.17, 15) is 24.3 Å². The molecule has 2 aromatic rings. The van der Waals surface area contributed by atoms with Gasteiger partial charge in [0.05, 0.1) is 0 Å². The van der Waals surface area contributed by atoms with Gasteiger partial charge in [0.2, 0.25) is 0 Å². The third-order valence-corrected chi connectivity index (χ3v) is 6.01. The molecule has 2 atom stereocenters. The maximum atomic E-state index is 12.8. The molecule has 0 spiro atoms. The van der Waals surface area contributed by atoms with Crippen molar-refractivity contribution in [2.24, 2.45) is 5.92 Å². The second-order valence-electron chi connectivity index (χ2n) is 10.8. The number of benzene rings is 2. The minimum Gasteiger partial charge on any atom is -0.480 e. The van der Waals surface area contributed by atoms with E-state index in [0.717, 1.165) is 22.3 Å². The monoisotopic (exact) mass is 540 g/mol. The highest BCUT2D eigenvalue weighted by Gasteiger charge is 2.31. The topological polar surface area (TPSA) is 140 Å². The number of carboxylic acids is 1. The average molecular weight is 541 g/mol. The first-order valence-electron chi connectivity index (χ1n) is 12.9. The molecule has 39 heavy (non-hydrogen) atoms. The molecule has 0 saturated heterocycles. The molecule has 0 heterocycles. The molecule has 10 heteroatoms. The zero-order chi connectivity index (χ0) is 28.7. The molecule has 0 aliphatic heterocycles. The van der Waals surface area contributed by atoms with Gasteiger partial charge in [-0.05, 0) is 55.4 Å². The third kappa shape index (κ3) is 8.20. The van der Waals surface area contributed by atoms with Crippen LogP contribution in [-0.4, -0.2) is 60.1 Å². The average Bonchev–Trinajstić information content (AvgIpc) is 3.17. The number of carbonyl (C=O) groups is 4. The summed E-state index contributed by atoms with van der Waals surface area (Å²) in [6.07, 6.45) is -1.51. The Hall–Kier alpha value is -4.08. The van der Waals surface area contributed by atoms with E-state index in [4.69, 9.17) is 14.2 Å². The molecule has 0 aromatic heterocycles. The highest BCUT2D eigenvalue weighted by atomic mass is 16.6. The van der Waals surface area contributed by atoms with E-state index in [1.807, 2.05) is 62.4 Å². The molecule has 2 aromatic carbocycles. The van der Waals surface area contributed by atoms with Crippen LogP contribution in [0.2, 0.25) is 0 Å². The van der Waals surface area contributed by atoms with Crippen LogP contribution in [0.15, 0.2) is 48.5 Å². The minimum atomic E-state index is -1.53. The number of hydrogen-bond donors (Lipinski definition) is 3. The Morgan fingerprint density at radius 2 is 1.38 bits per heavy atom. The van der Waals surface area contributed by atoms with E-state index in [1.165, 1.54) is 0 Å². The molecule has 1 aliphatic rings. The van der Waals surface area contributed by atoms with Gasteiger partial charge in [-0.2, -0.15) is 0 Å². The van der Waals surface area contributed by atoms with Gasteiger partial charge < -0.3 is 30.0 Å². The van der Waals surface area contributed by atoms with Crippen molar-refractivity contribution in [3.63, 3.8) is 0 Å².